The zero-order valence-corrected chi connectivity index (χ0v) is 15.5. The van der Waals surface area contributed by atoms with Crippen LogP contribution >= 0.6 is 0 Å². The van der Waals surface area contributed by atoms with E-state index < -0.39 is 18.5 Å². The molecule has 2 N–H and O–H groups in total. The van der Waals surface area contributed by atoms with Crippen LogP contribution < -0.4 is 10.6 Å². The fourth-order valence-corrected chi connectivity index (χ4v) is 3.15. The number of nitrogen functional groups attached to an aromatic ring is 1. The molecule has 1 amide bonds. The highest BCUT2D eigenvalue weighted by molar-refractivity contribution is 6.10. The van der Waals surface area contributed by atoms with Crippen LogP contribution in [0.1, 0.15) is 28.9 Å². The number of ketones is 1. The zero-order chi connectivity index (χ0) is 21.0. The molecule has 2 aromatic rings. The summed E-state index contributed by atoms with van der Waals surface area (Å²) in [5.41, 5.74) is 6.20. The van der Waals surface area contributed by atoms with Crippen LogP contribution in [0.4, 0.5) is 24.8 Å². The summed E-state index contributed by atoms with van der Waals surface area (Å²) >= 11 is 0. The van der Waals surface area contributed by atoms with Crippen LogP contribution in [-0.2, 0) is 4.79 Å². The van der Waals surface area contributed by atoms with Crippen molar-refractivity contribution in [3.63, 3.8) is 0 Å². The Balaban J connectivity index is 1.72. The molecule has 0 aliphatic carbocycles. The van der Waals surface area contributed by atoms with E-state index in [0.29, 0.717) is 25.3 Å². The van der Waals surface area contributed by atoms with Crippen LogP contribution in [0.5, 0.6) is 0 Å². The van der Waals surface area contributed by atoms with Gasteiger partial charge in [-0.05, 0) is 30.7 Å². The second-order valence-electron chi connectivity index (χ2n) is 6.66. The fourth-order valence-electron chi connectivity index (χ4n) is 3.15. The number of rotatable bonds is 4. The topological polar surface area (TPSA) is 92.4 Å². The lowest BCUT2D eigenvalue weighted by Gasteiger charge is -2.23. The third-order valence-electron chi connectivity index (χ3n) is 4.57. The van der Waals surface area contributed by atoms with Gasteiger partial charge in [-0.3, -0.25) is 9.59 Å². The molecule has 0 radical (unpaired) electrons. The number of carbonyl (C=O) groups excluding carboxylic acids is 2. The summed E-state index contributed by atoms with van der Waals surface area (Å²) in [6, 6.07) is 8.13. The summed E-state index contributed by atoms with van der Waals surface area (Å²) in [4.78, 5) is 35.9. The molecule has 154 valence electrons. The quantitative estimate of drug-likeness (QED) is 0.782. The number of amides is 1. The average molecular weight is 407 g/mol. The summed E-state index contributed by atoms with van der Waals surface area (Å²) in [5, 5.41) is 0. The van der Waals surface area contributed by atoms with Crippen LogP contribution in [0.15, 0.2) is 36.5 Å². The number of halogens is 3. The maximum Gasteiger partial charge on any atom is 0.397 e. The van der Waals surface area contributed by atoms with Gasteiger partial charge in [0.25, 0.3) is 0 Å². The fraction of sp³-hybridized carbons (Fsp3) is 0.368. The third-order valence-corrected chi connectivity index (χ3v) is 4.57. The molecule has 0 aromatic carbocycles. The standard InChI is InChI=1S/C19H20F3N5O2/c20-19(21,22)12-16(28)27-9-3-8-26(10-11-27)15-6-1-5-14(25-15)17(29)13-4-2-7-24-18(13)23/h1-2,4-7H,3,8-12H2,(H2,23,24). The summed E-state index contributed by atoms with van der Waals surface area (Å²) in [7, 11) is 0. The molecule has 1 fully saturated rings. The average Bonchev–Trinajstić information content (AvgIpc) is 2.93. The lowest BCUT2D eigenvalue weighted by atomic mass is 10.1. The van der Waals surface area contributed by atoms with Gasteiger partial charge in [-0.2, -0.15) is 13.2 Å². The number of hydrogen-bond donors (Lipinski definition) is 1. The molecule has 29 heavy (non-hydrogen) atoms. The smallest absolute Gasteiger partial charge is 0.383 e. The van der Waals surface area contributed by atoms with Crippen molar-refractivity contribution in [3.8, 4) is 0 Å². The summed E-state index contributed by atoms with van der Waals surface area (Å²) in [6.07, 6.45) is -3.99. The van der Waals surface area contributed by atoms with E-state index in [-0.39, 0.29) is 35.9 Å². The van der Waals surface area contributed by atoms with E-state index in [1.807, 2.05) is 4.90 Å². The Labute approximate surface area is 165 Å². The zero-order valence-electron chi connectivity index (χ0n) is 15.5. The molecule has 0 bridgehead atoms. The van der Waals surface area contributed by atoms with Gasteiger partial charge in [-0.25, -0.2) is 9.97 Å². The first-order valence-electron chi connectivity index (χ1n) is 9.06. The van der Waals surface area contributed by atoms with Crippen molar-refractivity contribution >= 4 is 23.3 Å². The first kappa shape index (κ1) is 20.6. The molecule has 2 aromatic heterocycles. The van der Waals surface area contributed by atoms with Gasteiger partial charge in [0.1, 0.15) is 23.8 Å². The highest BCUT2D eigenvalue weighted by Gasteiger charge is 2.34. The van der Waals surface area contributed by atoms with Gasteiger partial charge >= 0.3 is 6.18 Å². The number of pyridine rings is 2. The largest absolute Gasteiger partial charge is 0.397 e. The molecule has 1 saturated heterocycles. The normalized spacial score (nSPS) is 15.1. The Hall–Kier alpha value is -3.17. The van der Waals surface area contributed by atoms with Crippen molar-refractivity contribution in [2.45, 2.75) is 19.0 Å². The third kappa shape index (κ3) is 5.21. The highest BCUT2D eigenvalue weighted by atomic mass is 19.4. The number of anilines is 2. The number of carbonyl (C=O) groups is 2. The first-order valence-corrected chi connectivity index (χ1v) is 9.06. The highest BCUT2D eigenvalue weighted by Crippen LogP contribution is 2.22. The van der Waals surface area contributed by atoms with Gasteiger partial charge in [0.15, 0.2) is 0 Å². The van der Waals surface area contributed by atoms with Crippen molar-refractivity contribution in [2.75, 3.05) is 36.8 Å². The van der Waals surface area contributed by atoms with E-state index >= 15 is 0 Å². The number of nitrogens with zero attached hydrogens (tertiary/aromatic N) is 4. The van der Waals surface area contributed by atoms with E-state index in [1.165, 1.54) is 11.1 Å². The van der Waals surface area contributed by atoms with Gasteiger partial charge in [0.05, 0.1) is 5.56 Å². The predicted octanol–water partition coefficient (Wildman–Crippen LogP) is 2.28. The lowest BCUT2D eigenvalue weighted by molar-refractivity contribution is -0.161. The molecule has 1 aliphatic rings. The second-order valence-corrected chi connectivity index (χ2v) is 6.66. The van der Waals surface area contributed by atoms with Crippen molar-refractivity contribution in [1.82, 2.24) is 14.9 Å². The monoisotopic (exact) mass is 407 g/mol. The van der Waals surface area contributed by atoms with Crippen LogP contribution in [0.2, 0.25) is 0 Å². The number of alkyl halides is 3. The second kappa shape index (κ2) is 8.46. The van der Waals surface area contributed by atoms with E-state index in [4.69, 9.17) is 5.73 Å². The van der Waals surface area contributed by atoms with Gasteiger partial charge < -0.3 is 15.5 Å². The Morgan fingerprint density at radius 3 is 2.59 bits per heavy atom. The molecule has 0 saturated carbocycles. The molecule has 7 nitrogen and oxygen atoms in total. The van der Waals surface area contributed by atoms with Crippen LogP contribution in [-0.4, -0.2) is 58.9 Å². The van der Waals surface area contributed by atoms with Crippen molar-refractivity contribution in [1.29, 1.82) is 0 Å². The predicted molar refractivity (Wildman–Crippen MR) is 100 cm³/mol. The van der Waals surface area contributed by atoms with Crippen molar-refractivity contribution in [2.24, 2.45) is 0 Å². The first-order chi connectivity index (χ1) is 13.7. The van der Waals surface area contributed by atoms with Crippen LogP contribution in [0.3, 0.4) is 0 Å². The van der Waals surface area contributed by atoms with Gasteiger partial charge in [-0.15, -0.1) is 0 Å². The number of aromatic nitrogens is 2. The van der Waals surface area contributed by atoms with Crippen molar-refractivity contribution in [3.05, 3.63) is 47.8 Å². The summed E-state index contributed by atoms with van der Waals surface area (Å²) < 4.78 is 37.4. The lowest BCUT2D eigenvalue weighted by Crippen LogP contribution is -2.37. The van der Waals surface area contributed by atoms with Gasteiger partial charge in [-0.1, -0.05) is 6.07 Å². The Kier molecular flexibility index (Phi) is 6.00. The minimum Gasteiger partial charge on any atom is -0.383 e. The molecular formula is C19H20F3N5O2. The molecule has 0 spiro atoms. The molecule has 3 rings (SSSR count). The number of nitrogens with two attached hydrogens (primary N) is 1. The van der Waals surface area contributed by atoms with Gasteiger partial charge in [0.2, 0.25) is 11.7 Å². The van der Waals surface area contributed by atoms with Crippen LogP contribution in [0.25, 0.3) is 0 Å². The SMILES string of the molecule is Nc1ncccc1C(=O)c1cccc(N2CCCN(C(=O)CC(F)(F)F)CC2)n1. The molecule has 3 heterocycles. The molecule has 0 atom stereocenters. The summed E-state index contributed by atoms with van der Waals surface area (Å²) in [5.74, 6) is -0.667. The minimum absolute atomic E-state index is 0.110. The van der Waals surface area contributed by atoms with E-state index in [0.717, 1.165) is 0 Å². The van der Waals surface area contributed by atoms with Crippen molar-refractivity contribution < 1.29 is 22.8 Å². The Bertz CT molecular complexity index is 903. The molecule has 10 heteroatoms. The van der Waals surface area contributed by atoms with E-state index in [1.54, 1.807) is 30.3 Å². The molecule has 0 unspecified atom stereocenters. The maximum absolute atomic E-state index is 12.7. The van der Waals surface area contributed by atoms with Crippen LogP contribution in [0, 0.1) is 0 Å². The van der Waals surface area contributed by atoms with E-state index in [2.05, 4.69) is 9.97 Å². The minimum atomic E-state index is -4.52. The Morgan fingerprint density at radius 1 is 1.07 bits per heavy atom. The summed E-state index contributed by atoms with van der Waals surface area (Å²) in [6.45, 7) is 1.24. The maximum atomic E-state index is 12.7. The molecule has 1 aliphatic heterocycles. The Morgan fingerprint density at radius 2 is 1.86 bits per heavy atom. The molecular weight excluding hydrogens is 387 g/mol. The van der Waals surface area contributed by atoms with Gasteiger partial charge in [0, 0.05) is 32.4 Å². The van der Waals surface area contributed by atoms with E-state index in [9.17, 15) is 22.8 Å². The number of hydrogen-bond acceptors (Lipinski definition) is 6.